The number of nitrogens with zero attached hydrogens (tertiary/aromatic N) is 3. The van der Waals surface area contributed by atoms with Gasteiger partial charge in [-0.1, -0.05) is 44.0 Å². The van der Waals surface area contributed by atoms with E-state index < -0.39 is 0 Å². The summed E-state index contributed by atoms with van der Waals surface area (Å²) in [7, 11) is 1.57. The molecule has 1 saturated carbocycles. The van der Waals surface area contributed by atoms with Gasteiger partial charge in [-0.25, -0.2) is 4.68 Å². The third-order valence-corrected chi connectivity index (χ3v) is 5.77. The Morgan fingerprint density at radius 1 is 1.23 bits per heavy atom. The van der Waals surface area contributed by atoms with Crippen molar-refractivity contribution in [3.05, 3.63) is 40.0 Å². The van der Waals surface area contributed by atoms with Crippen LogP contribution in [0.5, 0.6) is 0 Å². The van der Waals surface area contributed by atoms with Gasteiger partial charge in [-0.2, -0.15) is 5.10 Å². The van der Waals surface area contributed by atoms with Crippen molar-refractivity contribution in [2.45, 2.75) is 39.0 Å². The normalized spacial score (nSPS) is 13.9. The van der Waals surface area contributed by atoms with Gasteiger partial charge in [0.15, 0.2) is 0 Å². The van der Waals surface area contributed by atoms with Crippen LogP contribution in [-0.2, 0) is 19.7 Å². The SMILES string of the molecule is COCCN(CC(=O)Nc1cc(C(C)(C)C)nn1-c1ccc(Cl)c(Cl)c1)C(=O)C1CC1. The summed E-state index contributed by atoms with van der Waals surface area (Å²) in [5.74, 6) is 0.227. The molecule has 0 bridgehead atoms. The fraction of sp³-hybridized carbons (Fsp3) is 0.500. The molecule has 1 aliphatic rings. The van der Waals surface area contributed by atoms with Crippen LogP contribution in [-0.4, -0.2) is 53.3 Å². The summed E-state index contributed by atoms with van der Waals surface area (Å²) in [6.07, 6.45) is 1.76. The lowest BCUT2D eigenvalue weighted by Crippen LogP contribution is -2.41. The summed E-state index contributed by atoms with van der Waals surface area (Å²) in [5.41, 5.74) is 1.25. The minimum Gasteiger partial charge on any atom is -0.383 e. The van der Waals surface area contributed by atoms with Crippen molar-refractivity contribution < 1.29 is 14.3 Å². The van der Waals surface area contributed by atoms with E-state index in [1.54, 1.807) is 34.9 Å². The molecule has 2 amide bonds. The average Bonchev–Trinajstić information content (AvgIpc) is 3.46. The van der Waals surface area contributed by atoms with Gasteiger partial charge in [0.2, 0.25) is 11.8 Å². The van der Waals surface area contributed by atoms with E-state index >= 15 is 0 Å². The molecule has 168 valence electrons. The maximum atomic E-state index is 12.9. The second-order valence-corrected chi connectivity index (χ2v) is 9.56. The first-order chi connectivity index (χ1) is 14.6. The van der Waals surface area contributed by atoms with Crippen molar-refractivity contribution in [1.82, 2.24) is 14.7 Å². The van der Waals surface area contributed by atoms with Gasteiger partial charge >= 0.3 is 0 Å². The second kappa shape index (κ2) is 9.59. The Bertz CT molecular complexity index is 964. The van der Waals surface area contributed by atoms with Gasteiger partial charge < -0.3 is 15.0 Å². The van der Waals surface area contributed by atoms with Crippen molar-refractivity contribution in [1.29, 1.82) is 0 Å². The van der Waals surface area contributed by atoms with Crippen LogP contribution in [0.15, 0.2) is 24.3 Å². The Labute approximate surface area is 192 Å². The molecule has 0 unspecified atom stereocenters. The highest BCUT2D eigenvalue weighted by atomic mass is 35.5. The van der Waals surface area contributed by atoms with Crippen LogP contribution in [0.2, 0.25) is 10.0 Å². The highest BCUT2D eigenvalue weighted by Crippen LogP contribution is 2.31. The van der Waals surface area contributed by atoms with Crippen molar-refractivity contribution >= 4 is 40.8 Å². The predicted molar refractivity (Wildman–Crippen MR) is 122 cm³/mol. The van der Waals surface area contributed by atoms with Crippen LogP contribution in [0, 0.1) is 5.92 Å². The Hall–Kier alpha value is -2.09. The molecule has 1 N–H and O–H groups in total. The molecular formula is C22H28Cl2N4O3. The zero-order valence-electron chi connectivity index (χ0n) is 18.2. The molecule has 2 aromatic rings. The van der Waals surface area contributed by atoms with Gasteiger partial charge in [-0.05, 0) is 31.0 Å². The molecule has 7 nitrogen and oxygen atoms in total. The smallest absolute Gasteiger partial charge is 0.245 e. The van der Waals surface area contributed by atoms with Crippen LogP contribution in [0.1, 0.15) is 39.3 Å². The largest absolute Gasteiger partial charge is 0.383 e. The Morgan fingerprint density at radius 2 is 1.94 bits per heavy atom. The van der Waals surface area contributed by atoms with Gasteiger partial charge in [0, 0.05) is 31.1 Å². The van der Waals surface area contributed by atoms with Crippen LogP contribution in [0.4, 0.5) is 5.82 Å². The van der Waals surface area contributed by atoms with Crippen molar-refractivity contribution in [3.8, 4) is 5.69 Å². The fourth-order valence-corrected chi connectivity index (χ4v) is 3.36. The number of hydrogen-bond donors (Lipinski definition) is 1. The molecule has 1 aromatic carbocycles. The van der Waals surface area contributed by atoms with E-state index in [4.69, 9.17) is 27.9 Å². The number of halogens is 2. The van der Waals surface area contributed by atoms with Crippen molar-refractivity contribution in [3.63, 3.8) is 0 Å². The number of ether oxygens (including phenoxy) is 1. The summed E-state index contributed by atoms with van der Waals surface area (Å²) in [5, 5.41) is 8.41. The van der Waals surface area contributed by atoms with Crippen LogP contribution in [0.25, 0.3) is 5.69 Å². The molecule has 1 aliphatic carbocycles. The molecule has 1 heterocycles. The highest BCUT2D eigenvalue weighted by molar-refractivity contribution is 6.42. The van der Waals surface area contributed by atoms with Crippen molar-refractivity contribution in [2.75, 3.05) is 32.1 Å². The number of methoxy groups -OCH3 is 1. The standard InChI is InChI=1S/C22H28Cl2N4O3/c1-22(2,3)18-12-19(28(26-18)15-7-8-16(23)17(24)11-15)25-20(29)13-27(9-10-31-4)21(30)14-5-6-14/h7-8,11-12,14H,5-6,9-10,13H2,1-4H3,(H,25,29). The van der Waals surface area contributed by atoms with E-state index in [9.17, 15) is 9.59 Å². The predicted octanol–water partition coefficient (Wildman–Crippen LogP) is 4.30. The number of nitrogens with one attached hydrogen (secondary N) is 1. The number of anilines is 1. The van der Waals surface area contributed by atoms with Gasteiger partial charge in [0.05, 0.1) is 34.6 Å². The summed E-state index contributed by atoms with van der Waals surface area (Å²) in [6.45, 7) is 6.83. The van der Waals surface area contributed by atoms with E-state index in [0.717, 1.165) is 18.5 Å². The lowest BCUT2D eigenvalue weighted by Gasteiger charge is -2.22. The Morgan fingerprint density at radius 3 is 2.52 bits per heavy atom. The molecule has 0 atom stereocenters. The fourth-order valence-electron chi connectivity index (χ4n) is 3.06. The lowest BCUT2D eigenvalue weighted by atomic mass is 9.92. The van der Waals surface area contributed by atoms with Gasteiger partial charge in [0.25, 0.3) is 0 Å². The number of amides is 2. The zero-order valence-corrected chi connectivity index (χ0v) is 19.8. The van der Waals surface area contributed by atoms with Gasteiger partial charge in [-0.15, -0.1) is 0 Å². The summed E-state index contributed by atoms with van der Waals surface area (Å²) in [6, 6.07) is 7.00. The second-order valence-electron chi connectivity index (χ2n) is 8.75. The minimum atomic E-state index is -0.299. The third kappa shape index (κ3) is 5.99. The minimum absolute atomic E-state index is 0.000529. The average molecular weight is 467 g/mol. The Kier molecular flexibility index (Phi) is 7.29. The zero-order chi connectivity index (χ0) is 22.8. The number of hydrogen-bond acceptors (Lipinski definition) is 4. The summed E-state index contributed by atoms with van der Waals surface area (Å²) in [4.78, 5) is 27.0. The monoisotopic (exact) mass is 466 g/mol. The number of benzene rings is 1. The number of rotatable bonds is 8. The number of aromatic nitrogens is 2. The first kappa shape index (κ1) is 23.6. The lowest BCUT2D eigenvalue weighted by molar-refractivity contribution is -0.136. The van der Waals surface area contributed by atoms with E-state index in [0.29, 0.717) is 34.7 Å². The van der Waals surface area contributed by atoms with Gasteiger partial charge in [-0.3, -0.25) is 9.59 Å². The maximum Gasteiger partial charge on any atom is 0.245 e. The molecule has 3 rings (SSSR count). The molecule has 1 fully saturated rings. The highest BCUT2D eigenvalue weighted by Gasteiger charge is 2.34. The quantitative estimate of drug-likeness (QED) is 0.628. The molecule has 0 aliphatic heterocycles. The van der Waals surface area contributed by atoms with E-state index in [1.165, 1.54) is 0 Å². The van der Waals surface area contributed by atoms with Gasteiger partial charge in [0.1, 0.15) is 5.82 Å². The Balaban J connectivity index is 1.84. The topological polar surface area (TPSA) is 76.5 Å². The molecule has 0 saturated heterocycles. The molecular weight excluding hydrogens is 439 g/mol. The molecule has 1 aromatic heterocycles. The van der Waals surface area contributed by atoms with E-state index in [1.807, 2.05) is 26.8 Å². The van der Waals surface area contributed by atoms with Crippen LogP contribution >= 0.6 is 23.2 Å². The molecule has 9 heteroatoms. The van der Waals surface area contributed by atoms with E-state index in [2.05, 4.69) is 10.4 Å². The third-order valence-electron chi connectivity index (χ3n) is 5.03. The first-order valence-electron chi connectivity index (χ1n) is 10.2. The maximum absolute atomic E-state index is 12.9. The summed E-state index contributed by atoms with van der Waals surface area (Å²) < 4.78 is 6.73. The summed E-state index contributed by atoms with van der Waals surface area (Å²) >= 11 is 12.2. The van der Waals surface area contributed by atoms with Crippen LogP contribution < -0.4 is 5.32 Å². The van der Waals surface area contributed by atoms with Crippen LogP contribution in [0.3, 0.4) is 0 Å². The molecule has 0 radical (unpaired) electrons. The van der Waals surface area contributed by atoms with Crippen molar-refractivity contribution in [2.24, 2.45) is 5.92 Å². The molecule has 31 heavy (non-hydrogen) atoms. The van der Waals surface area contributed by atoms with E-state index in [-0.39, 0.29) is 29.7 Å². The number of carbonyl (C=O) groups excluding carboxylic acids is 2. The first-order valence-corrected chi connectivity index (χ1v) is 11.0. The number of carbonyl (C=O) groups is 2. The molecule has 0 spiro atoms.